The summed E-state index contributed by atoms with van der Waals surface area (Å²) in [5, 5.41) is 9.71. The van der Waals surface area contributed by atoms with E-state index in [2.05, 4.69) is 37.6 Å². The Balaban J connectivity index is 0.00000612. The Hall–Kier alpha value is -1.43. The maximum absolute atomic E-state index is 12.6. The zero-order chi connectivity index (χ0) is 25.3. The maximum atomic E-state index is 12.6. The van der Waals surface area contributed by atoms with E-state index in [1.54, 1.807) is 6.92 Å². The third-order valence-electron chi connectivity index (χ3n) is 7.24. The number of aliphatic hydroxyl groups is 1. The first-order chi connectivity index (χ1) is 16.2. The average molecular weight is 556 g/mol. The minimum absolute atomic E-state index is 0. The van der Waals surface area contributed by atoms with Crippen molar-refractivity contribution in [2.75, 3.05) is 52.4 Å². The van der Waals surface area contributed by atoms with Crippen molar-refractivity contribution in [3.63, 3.8) is 0 Å². The van der Waals surface area contributed by atoms with Gasteiger partial charge in [-0.3, -0.25) is 24.0 Å². The van der Waals surface area contributed by atoms with Crippen LogP contribution in [0.2, 0.25) is 0 Å². The number of aromatic amines is 1. The number of hydrogen-bond donors (Lipinski definition) is 2. The van der Waals surface area contributed by atoms with Gasteiger partial charge in [0, 0.05) is 31.1 Å². The standard InChI is InChI=1S/C24H42N4O6.2ClH/c1-6-26(7-2)12-14-28(8-3,9-4)13-10-11-22(30)34-19-15-21(33-20(19)17-29)27-16-18(5)23(31)25-24(27)32;;/h16,19-21,29H,6-15,17H2,1-5H3;2*1H. The SMILES string of the molecule is CCN(CC)CC[N+](CC)(CC)CCCC(=O)OC1CC(n2cc(C)c(=O)[nH]c2=O)OC1CO.Cl.[Cl-]. The predicted molar refractivity (Wildman–Crippen MR) is 137 cm³/mol. The van der Waals surface area contributed by atoms with E-state index in [0.29, 0.717) is 12.0 Å². The molecular weight excluding hydrogens is 511 g/mol. The molecule has 210 valence electrons. The Labute approximate surface area is 226 Å². The smallest absolute Gasteiger partial charge is 0.330 e. The molecule has 1 fully saturated rings. The fourth-order valence-corrected chi connectivity index (χ4v) is 4.61. The van der Waals surface area contributed by atoms with Gasteiger partial charge in [-0.05, 0) is 33.9 Å². The number of rotatable bonds is 14. The number of hydrogen-bond acceptors (Lipinski definition) is 7. The van der Waals surface area contributed by atoms with Crippen LogP contribution in [-0.2, 0) is 14.3 Å². The van der Waals surface area contributed by atoms with Crippen LogP contribution in [0.25, 0.3) is 0 Å². The molecule has 1 aromatic rings. The highest BCUT2D eigenvalue weighted by molar-refractivity contribution is 5.85. The molecule has 0 aromatic carbocycles. The molecule has 10 nitrogen and oxygen atoms in total. The quantitative estimate of drug-likeness (QED) is 0.211. The summed E-state index contributed by atoms with van der Waals surface area (Å²) < 4.78 is 13.6. The first-order valence-electron chi connectivity index (χ1n) is 12.6. The average Bonchev–Trinajstić information content (AvgIpc) is 3.23. The molecule has 1 aliphatic rings. The summed E-state index contributed by atoms with van der Waals surface area (Å²) in [6.45, 7) is 17.1. The van der Waals surface area contributed by atoms with Crippen molar-refractivity contribution < 1.29 is 36.3 Å². The van der Waals surface area contributed by atoms with Gasteiger partial charge < -0.3 is 31.5 Å². The van der Waals surface area contributed by atoms with Gasteiger partial charge in [0.2, 0.25) is 0 Å². The molecule has 1 aliphatic heterocycles. The topological polar surface area (TPSA) is 114 Å². The first-order valence-corrected chi connectivity index (χ1v) is 12.6. The molecule has 0 amide bonds. The van der Waals surface area contributed by atoms with Gasteiger partial charge in [-0.1, -0.05) is 13.8 Å². The molecule has 2 rings (SSSR count). The van der Waals surface area contributed by atoms with Gasteiger partial charge in [0.25, 0.3) is 5.56 Å². The molecular formula is C24H44Cl2N4O6. The molecule has 0 radical (unpaired) electrons. The summed E-state index contributed by atoms with van der Waals surface area (Å²) in [6.07, 6.45) is 0.582. The van der Waals surface area contributed by atoms with Crippen molar-refractivity contribution in [3.05, 3.63) is 32.6 Å². The maximum Gasteiger partial charge on any atom is 0.330 e. The van der Waals surface area contributed by atoms with Gasteiger partial charge in [-0.25, -0.2) is 4.79 Å². The van der Waals surface area contributed by atoms with E-state index in [4.69, 9.17) is 9.47 Å². The Morgan fingerprint density at radius 1 is 1.22 bits per heavy atom. The molecule has 2 heterocycles. The number of halogens is 2. The predicted octanol–water partition coefficient (Wildman–Crippen LogP) is -1.56. The highest BCUT2D eigenvalue weighted by Gasteiger charge is 2.39. The van der Waals surface area contributed by atoms with Gasteiger partial charge in [0.1, 0.15) is 18.4 Å². The number of nitrogens with zero attached hydrogens (tertiary/aromatic N) is 3. The highest BCUT2D eigenvalue weighted by Crippen LogP contribution is 2.30. The molecule has 0 bridgehead atoms. The number of aryl methyl sites for hydroxylation is 1. The van der Waals surface area contributed by atoms with Gasteiger partial charge in [0.05, 0.1) is 39.2 Å². The van der Waals surface area contributed by atoms with Crippen molar-refractivity contribution >= 4 is 18.4 Å². The molecule has 3 unspecified atom stereocenters. The van der Waals surface area contributed by atoms with Crippen LogP contribution in [0.4, 0.5) is 0 Å². The van der Waals surface area contributed by atoms with E-state index in [-0.39, 0.29) is 43.8 Å². The van der Waals surface area contributed by atoms with E-state index >= 15 is 0 Å². The lowest BCUT2D eigenvalue weighted by atomic mass is 10.1. The van der Waals surface area contributed by atoms with Crippen LogP contribution in [0, 0.1) is 6.92 Å². The summed E-state index contributed by atoms with van der Waals surface area (Å²) in [6, 6.07) is 0. The zero-order valence-electron chi connectivity index (χ0n) is 22.2. The van der Waals surface area contributed by atoms with Gasteiger partial charge in [0.15, 0.2) is 0 Å². The Morgan fingerprint density at radius 3 is 2.42 bits per heavy atom. The minimum Gasteiger partial charge on any atom is -1.00 e. The van der Waals surface area contributed by atoms with Gasteiger partial charge >= 0.3 is 11.7 Å². The van der Waals surface area contributed by atoms with Crippen LogP contribution in [0.3, 0.4) is 0 Å². The number of nitrogens with one attached hydrogen (secondary N) is 1. The number of likely N-dealkylation sites (N-methyl/N-ethyl adjacent to an activating group) is 2. The van der Waals surface area contributed by atoms with Crippen molar-refractivity contribution in [1.82, 2.24) is 14.5 Å². The van der Waals surface area contributed by atoms with Crippen LogP contribution >= 0.6 is 12.4 Å². The van der Waals surface area contributed by atoms with E-state index < -0.39 is 29.7 Å². The largest absolute Gasteiger partial charge is 1.00 e. The molecule has 0 aliphatic carbocycles. The third kappa shape index (κ3) is 9.15. The van der Waals surface area contributed by atoms with Crippen molar-refractivity contribution in [3.8, 4) is 0 Å². The number of ether oxygens (including phenoxy) is 2. The lowest BCUT2D eigenvalue weighted by Crippen LogP contribution is -3.00. The summed E-state index contributed by atoms with van der Waals surface area (Å²) in [7, 11) is 0. The molecule has 0 spiro atoms. The lowest BCUT2D eigenvalue weighted by Gasteiger charge is -2.38. The molecule has 3 atom stereocenters. The molecule has 12 heteroatoms. The molecule has 2 N–H and O–H groups in total. The van der Waals surface area contributed by atoms with Crippen molar-refractivity contribution in [2.24, 2.45) is 0 Å². The second kappa shape index (κ2) is 16.4. The van der Waals surface area contributed by atoms with Crippen LogP contribution in [-0.4, -0.2) is 94.6 Å². The lowest BCUT2D eigenvalue weighted by molar-refractivity contribution is -0.924. The Morgan fingerprint density at radius 2 is 1.86 bits per heavy atom. The number of esters is 1. The summed E-state index contributed by atoms with van der Waals surface area (Å²) in [5.74, 6) is -0.327. The number of carbonyl (C=O) groups excluding carboxylic acids is 1. The highest BCUT2D eigenvalue weighted by atomic mass is 35.5. The van der Waals surface area contributed by atoms with Gasteiger partial charge in [-0.2, -0.15) is 0 Å². The van der Waals surface area contributed by atoms with Crippen molar-refractivity contribution in [2.45, 2.75) is 72.3 Å². The van der Waals surface area contributed by atoms with E-state index in [1.165, 1.54) is 10.8 Å². The fraction of sp³-hybridized carbons (Fsp3) is 0.792. The van der Waals surface area contributed by atoms with Crippen molar-refractivity contribution in [1.29, 1.82) is 0 Å². The Bertz CT molecular complexity index is 901. The summed E-state index contributed by atoms with van der Waals surface area (Å²) >= 11 is 0. The summed E-state index contributed by atoms with van der Waals surface area (Å²) in [4.78, 5) is 41.1. The molecule has 36 heavy (non-hydrogen) atoms. The second-order valence-corrected chi connectivity index (χ2v) is 9.11. The number of aliphatic hydroxyl groups excluding tert-OH is 1. The number of quaternary nitrogens is 1. The van der Waals surface area contributed by atoms with Crippen LogP contribution < -0.4 is 23.7 Å². The Kier molecular flexibility index (Phi) is 15.8. The van der Waals surface area contributed by atoms with E-state index in [1.807, 2.05) is 0 Å². The second-order valence-electron chi connectivity index (χ2n) is 9.11. The summed E-state index contributed by atoms with van der Waals surface area (Å²) in [5.41, 5.74) is -0.674. The van der Waals surface area contributed by atoms with E-state index in [9.17, 15) is 19.5 Å². The van der Waals surface area contributed by atoms with E-state index in [0.717, 1.165) is 56.7 Å². The first kappa shape index (κ1) is 34.6. The third-order valence-corrected chi connectivity index (χ3v) is 7.24. The molecule has 0 saturated carbocycles. The monoisotopic (exact) mass is 554 g/mol. The fourth-order valence-electron chi connectivity index (χ4n) is 4.61. The zero-order valence-corrected chi connectivity index (χ0v) is 23.8. The minimum atomic E-state index is -0.720. The number of carbonyl (C=O) groups is 1. The number of aromatic nitrogens is 2. The van der Waals surface area contributed by atoms with Crippen LogP contribution in [0.5, 0.6) is 0 Å². The van der Waals surface area contributed by atoms with Gasteiger partial charge in [-0.15, -0.1) is 12.4 Å². The normalized spacial score (nSPS) is 19.6. The molecule has 1 saturated heterocycles. The van der Waals surface area contributed by atoms with Crippen LogP contribution in [0.15, 0.2) is 15.8 Å². The molecule has 1 aromatic heterocycles. The van der Waals surface area contributed by atoms with Crippen LogP contribution in [0.1, 0.15) is 58.7 Å². The number of H-pyrrole nitrogens is 1.